The summed E-state index contributed by atoms with van der Waals surface area (Å²) in [6, 6.07) is 8.40. The molecule has 4 amide bonds. The summed E-state index contributed by atoms with van der Waals surface area (Å²) in [6.07, 6.45) is 2.10. The molecule has 2 aromatic rings. The number of thiophene rings is 1. The van der Waals surface area contributed by atoms with E-state index in [0.29, 0.717) is 17.6 Å². The van der Waals surface area contributed by atoms with Crippen LogP contribution in [0.5, 0.6) is 11.5 Å². The number of benzene rings is 1. The van der Waals surface area contributed by atoms with Crippen LogP contribution in [-0.4, -0.2) is 62.4 Å². The van der Waals surface area contributed by atoms with Gasteiger partial charge in [-0.1, -0.05) is 23.8 Å². The number of hydrogen-bond donors (Lipinski definition) is 1. The van der Waals surface area contributed by atoms with Crippen molar-refractivity contribution in [1.82, 2.24) is 9.80 Å². The zero-order chi connectivity index (χ0) is 27.1. The molecule has 0 bridgehead atoms. The molecular weight excluding hydrogens is 551 g/mol. The second-order valence-corrected chi connectivity index (χ2v) is 12.5. The molecular formula is C27H24Cl2N2O6S. The van der Waals surface area contributed by atoms with Gasteiger partial charge in [-0.25, -0.2) is 0 Å². The van der Waals surface area contributed by atoms with Gasteiger partial charge in [0, 0.05) is 17.8 Å². The van der Waals surface area contributed by atoms with E-state index in [0.717, 1.165) is 9.78 Å². The van der Waals surface area contributed by atoms with Gasteiger partial charge in [0.15, 0.2) is 21.2 Å². The van der Waals surface area contributed by atoms with E-state index in [2.05, 4.69) is 0 Å². The minimum atomic E-state index is -1.89. The molecule has 2 saturated heterocycles. The quantitative estimate of drug-likeness (QED) is 0.339. The standard InChI is InChI=1S/C27H24Cl2N2O6S/c1-30-24(35)26(28)11-17-15(21(27(26,29)25(30)36)13-5-8-19(37-2)18(32)10-13)6-7-16-20(17)23(34)31(22(16)33)12-14-4-3-9-38-14/h3-6,8-10,16-17,20-21,32H,7,11-12H2,1-2H3. The van der Waals surface area contributed by atoms with Crippen LogP contribution in [0.4, 0.5) is 0 Å². The van der Waals surface area contributed by atoms with E-state index >= 15 is 0 Å². The van der Waals surface area contributed by atoms with Crippen molar-refractivity contribution < 1.29 is 29.0 Å². The number of fused-ring (bicyclic) bond motifs is 4. The predicted molar refractivity (Wildman–Crippen MR) is 140 cm³/mol. The maximum atomic E-state index is 13.8. The van der Waals surface area contributed by atoms with Crippen molar-refractivity contribution in [3.05, 3.63) is 57.8 Å². The first-order valence-corrected chi connectivity index (χ1v) is 13.8. The summed E-state index contributed by atoms with van der Waals surface area (Å²) in [5.41, 5.74) is 1.14. The predicted octanol–water partition coefficient (Wildman–Crippen LogP) is 3.65. The number of rotatable bonds is 4. The maximum Gasteiger partial charge on any atom is 0.253 e. The third kappa shape index (κ3) is 3.15. The van der Waals surface area contributed by atoms with Crippen LogP contribution in [0.25, 0.3) is 0 Å². The molecule has 11 heteroatoms. The summed E-state index contributed by atoms with van der Waals surface area (Å²) in [5, 5.41) is 12.5. The van der Waals surface area contributed by atoms with Crippen LogP contribution in [0, 0.1) is 17.8 Å². The zero-order valence-electron chi connectivity index (χ0n) is 20.5. The van der Waals surface area contributed by atoms with Crippen molar-refractivity contribution in [3.8, 4) is 11.5 Å². The Bertz CT molecular complexity index is 1430. The number of aromatic hydroxyl groups is 1. The number of hydrogen-bond acceptors (Lipinski definition) is 7. The normalized spacial score (nSPS) is 34.3. The molecule has 6 rings (SSSR count). The van der Waals surface area contributed by atoms with Crippen LogP contribution in [0.15, 0.2) is 47.4 Å². The molecule has 1 N–H and O–H groups in total. The highest BCUT2D eigenvalue weighted by Crippen LogP contribution is 2.65. The number of ether oxygens (including phenoxy) is 1. The average Bonchev–Trinajstić information content (AvgIpc) is 3.53. The Morgan fingerprint density at radius 3 is 2.53 bits per heavy atom. The summed E-state index contributed by atoms with van der Waals surface area (Å²) in [5.74, 6) is -4.63. The number of methoxy groups -OCH3 is 1. The molecule has 198 valence electrons. The van der Waals surface area contributed by atoms with E-state index in [1.165, 1.54) is 36.5 Å². The first-order chi connectivity index (χ1) is 18.0. The van der Waals surface area contributed by atoms with Crippen molar-refractivity contribution in [2.45, 2.75) is 35.1 Å². The van der Waals surface area contributed by atoms with Crippen molar-refractivity contribution in [1.29, 1.82) is 0 Å². The summed E-state index contributed by atoms with van der Waals surface area (Å²) >= 11 is 15.7. The Balaban J connectivity index is 1.49. The number of phenols is 1. The minimum absolute atomic E-state index is 0.0650. The summed E-state index contributed by atoms with van der Waals surface area (Å²) in [6.45, 7) is 0.186. The number of alkyl halides is 2. The van der Waals surface area contributed by atoms with Crippen LogP contribution in [-0.2, 0) is 25.7 Å². The number of nitrogens with zero attached hydrogens (tertiary/aromatic N) is 2. The molecule has 6 atom stereocenters. The van der Waals surface area contributed by atoms with Gasteiger partial charge < -0.3 is 9.84 Å². The highest BCUT2D eigenvalue weighted by atomic mass is 35.5. The molecule has 1 saturated carbocycles. The fraction of sp³-hybridized carbons (Fsp3) is 0.407. The highest BCUT2D eigenvalue weighted by Gasteiger charge is 2.75. The maximum absolute atomic E-state index is 13.8. The number of imide groups is 2. The summed E-state index contributed by atoms with van der Waals surface area (Å²) in [4.78, 5) is 53.6. The van der Waals surface area contributed by atoms with Gasteiger partial charge in [0.2, 0.25) is 11.8 Å². The number of carbonyl (C=O) groups is 4. The highest BCUT2D eigenvalue weighted by molar-refractivity contribution is 7.09. The molecule has 4 aliphatic rings. The molecule has 1 aromatic heterocycles. The van der Waals surface area contributed by atoms with E-state index in [-0.39, 0.29) is 36.3 Å². The van der Waals surface area contributed by atoms with Crippen molar-refractivity contribution in [2.75, 3.05) is 14.2 Å². The Hall–Kier alpha value is -2.88. The lowest BCUT2D eigenvalue weighted by Crippen LogP contribution is -2.60. The van der Waals surface area contributed by atoms with E-state index < -0.39 is 45.2 Å². The van der Waals surface area contributed by atoms with Crippen LogP contribution in [0.3, 0.4) is 0 Å². The molecule has 38 heavy (non-hydrogen) atoms. The molecule has 1 aromatic carbocycles. The van der Waals surface area contributed by atoms with Gasteiger partial charge in [-0.05, 0) is 47.9 Å². The van der Waals surface area contributed by atoms with Crippen LogP contribution in [0.1, 0.15) is 29.2 Å². The molecule has 3 fully saturated rings. The topological polar surface area (TPSA) is 104 Å². The third-order valence-corrected chi connectivity index (χ3v) is 10.8. The van der Waals surface area contributed by atoms with Crippen molar-refractivity contribution in [3.63, 3.8) is 0 Å². The number of amides is 4. The largest absolute Gasteiger partial charge is 0.504 e. The van der Waals surface area contributed by atoms with Crippen molar-refractivity contribution in [2.24, 2.45) is 17.8 Å². The van der Waals surface area contributed by atoms with E-state index in [1.54, 1.807) is 12.1 Å². The number of phenolic OH excluding ortho intramolecular Hbond substituents is 1. The lowest BCUT2D eigenvalue weighted by molar-refractivity contribution is -0.141. The smallest absolute Gasteiger partial charge is 0.253 e. The Kier molecular flexibility index (Phi) is 5.72. The molecule has 2 aliphatic heterocycles. The minimum Gasteiger partial charge on any atom is -0.504 e. The van der Waals surface area contributed by atoms with Crippen LogP contribution in [0.2, 0.25) is 0 Å². The lowest BCUT2D eigenvalue weighted by Gasteiger charge is -2.50. The van der Waals surface area contributed by atoms with Gasteiger partial charge in [-0.3, -0.25) is 29.0 Å². The average molecular weight is 575 g/mol. The first-order valence-electron chi connectivity index (χ1n) is 12.2. The Morgan fingerprint density at radius 1 is 1.11 bits per heavy atom. The molecule has 3 heterocycles. The number of halogens is 2. The molecule has 2 aliphatic carbocycles. The summed E-state index contributed by atoms with van der Waals surface area (Å²) in [7, 11) is 2.76. The third-order valence-electron chi connectivity index (χ3n) is 8.54. The van der Waals surface area contributed by atoms with Gasteiger partial charge in [0.25, 0.3) is 11.8 Å². The second-order valence-electron chi connectivity index (χ2n) is 10.3. The van der Waals surface area contributed by atoms with Gasteiger partial charge in [-0.2, -0.15) is 0 Å². The van der Waals surface area contributed by atoms with Crippen LogP contribution >= 0.6 is 34.5 Å². The Labute approximate surface area is 232 Å². The molecule has 0 radical (unpaired) electrons. The fourth-order valence-corrected chi connectivity index (χ4v) is 8.50. The van der Waals surface area contributed by atoms with E-state index in [9.17, 15) is 24.3 Å². The number of allylic oxidation sites excluding steroid dienone is 2. The van der Waals surface area contributed by atoms with Crippen LogP contribution < -0.4 is 4.74 Å². The van der Waals surface area contributed by atoms with E-state index in [4.69, 9.17) is 27.9 Å². The van der Waals surface area contributed by atoms with Crippen molar-refractivity contribution >= 4 is 58.2 Å². The second kappa shape index (κ2) is 8.56. The van der Waals surface area contributed by atoms with Gasteiger partial charge in [-0.15, -0.1) is 34.5 Å². The fourth-order valence-electron chi connectivity index (χ4n) is 6.78. The van der Waals surface area contributed by atoms with Gasteiger partial charge in [0.05, 0.1) is 25.5 Å². The number of carbonyl (C=O) groups excluding carboxylic acids is 4. The molecule has 8 nitrogen and oxygen atoms in total. The SMILES string of the molecule is COc1ccc(C2C3=CCC4C(=O)N(Cc5cccs5)C(=O)C4C3CC3(Cl)C(=O)N(C)C(=O)C23Cl)cc1O. The molecule has 6 unspecified atom stereocenters. The van der Waals surface area contributed by atoms with E-state index in [1.807, 2.05) is 23.6 Å². The Morgan fingerprint density at radius 2 is 1.87 bits per heavy atom. The summed E-state index contributed by atoms with van der Waals surface area (Å²) < 4.78 is 5.18. The lowest BCUT2D eigenvalue weighted by atomic mass is 9.56. The first kappa shape index (κ1) is 25.4. The monoisotopic (exact) mass is 574 g/mol. The van der Waals surface area contributed by atoms with Gasteiger partial charge >= 0.3 is 0 Å². The number of likely N-dealkylation sites (tertiary alicyclic amines) is 2. The van der Waals surface area contributed by atoms with Gasteiger partial charge in [0.1, 0.15) is 0 Å². The molecule has 0 spiro atoms. The zero-order valence-corrected chi connectivity index (χ0v) is 22.8.